The second-order valence-corrected chi connectivity index (χ2v) is 6.57. The van der Waals surface area contributed by atoms with Crippen LogP contribution in [-0.4, -0.2) is 40.5 Å². The number of nitrogens with zero attached hydrogens (tertiary/aromatic N) is 1. The fourth-order valence-corrected chi connectivity index (χ4v) is 3.80. The first kappa shape index (κ1) is 16.0. The van der Waals surface area contributed by atoms with Crippen molar-refractivity contribution in [2.45, 2.75) is 51.0 Å². The maximum Gasteiger partial charge on any atom is 0.322 e. The second-order valence-electron chi connectivity index (χ2n) is 6.57. The number of ketones is 1. The van der Waals surface area contributed by atoms with Gasteiger partial charge in [0, 0.05) is 24.2 Å². The van der Waals surface area contributed by atoms with Gasteiger partial charge in [-0.1, -0.05) is 13.0 Å². The molecule has 1 fully saturated rings. The average molecular weight is 316 g/mol. The highest BCUT2D eigenvalue weighted by molar-refractivity contribution is 6.00. The number of carbonyl (C=O) groups is 2. The number of fused-ring (bicyclic) bond motifs is 1. The lowest BCUT2D eigenvalue weighted by Gasteiger charge is -2.36. The molecule has 1 atom stereocenters. The molecule has 1 aliphatic carbocycles. The first-order valence-corrected chi connectivity index (χ1v) is 8.45. The number of amides is 2. The number of urea groups is 1. The number of Topliss-reactive ketones (excluding diaryl/α,β-unsaturated/α-hetero) is 1. The summed E-state index contributed by atoms with van der Waals surface area (Å²) >= 11 is 0. The van der Waals surface area contributed by atoms with Gasteiger partial charge in [-0.15, -0.1) is 0 Å². The number of benzene rings is 1. The molecule has 2 amide bonds. The molecule has 3 rings (SSSR count). The van der Waals surface area contributed by atoms with E-state index < -0.39 is 5.54 Å². The maximum absolute atomic E-state index is 12.6. The molecule has 5 heteroatoms. The number of anilines is 1. The smallest absolute Gasteiger partial charge is 0.322 e. The normalized spacial score (nSPS) is 23.7. The molecule has 0 aromatic heterocycles. The quantitative estimate of drug-likeness (QED) is 0.900. The molecule has 1 aromatic rings. The SMILES string of the molecule is CC[C@@]1(CO)CCCN1C(=O)Nc1ccc2c(c1)C(=O)CCC2. The predicted molar refractivity (Wildman–Crippen MR) is 88.8 cm³/mol. The van der Waals surface area contributed by atoms with Crippen molar-refractivity contribution in [1.82, 2.24) is 4.90 Å². The largest absolute Gasteiger partial charge is 0.394 e. The van der Waals surface area contributed by atoms with Crippen LogP contribution in [0, 0.1) is 0 Å². The van der Waals surface area contributed by atoms with Gasteiger partial charge in [0.15, 0.2) is 5.78 Å². The number of hydrogen-bond donors (Lipinski definition) is 2. The van der Waals surface area contributed by atoms with Crippen molar-refractivity contribution in [3.63, 3.8) is 0 Å². The monoisotopic (exact) mass is 316 g/mol. The summed E-state index contributed by atoms with van der Waals surface area (Å²) in [6, 6.07) is 5.39. The fraction of sp³-hybridized carbons (Fsp3) is 0.556. The molecule has 1 saturated heterocycles. The van der Waals surface area contributed by atoms with Crippen LogP contribution < -0.4 is 5.32 Å². The molecule has 124 valence electrons. The number of aryl methyl sites for hydroxylation is 1. The summed E-state index contributed by atoms with van der Waals surface area (Å²) in [7, 11) is 0. The number of nitrogens with one attached hydrogen (secondary N) is 1. The topological polar surface area (TPSA) is 69.6 Å². The Balaban J connectivity index is 1.78. The first-order chi connectivity index (χ1) is 11.1. The summed E-state index contributed by atoms with van der Waals surface area (Å²) in [4.78, 5) is 26.4. The Hall–Kier alpha value is -1.88. The van der Waals surface area contributed by atoms with E-state index >= 15 is 0 Å². The molecule has 1 heterocycles. The Morgan fingerprint density at radius 3 is 2.91 bits per heavy atom. The summed E-state index contributed by atoms with van der Waals surface area (Å²) in [5.74, 6) is 0.154. The third kappa shape index (κ3) is 2.85. The lowest BCUT2D eigenvalue weighted by Crippen LogP contribution is -2.51. The van der Waals surface area contributed by atoms with Crippen LogP contribution in [-0.2, 0) is 6.42 Å². The number of aliphatic hydroxyl groups excluding tert-OH is 1. The Bertz CT molecular complexity index is 623. The molecule has 0 saturated carbocycles. The number of carbonyl (C=O) groups excluding carboxylic acids is 2. The average Bonchev–Trinajstić information content (AvgIpc) is 3.00. The van der Waals surface area contributed by atoms with Gasteiger partial charge in [-0.2, -0.15) is 0 Å². The van der Waals surface area contributed by atoms with Crippen molar-refractivity contribution >= 4 is 17.5 Å². The van der Waals surface area contributed by atoms with Crippen molar-refractivity contribution in [3.8, 4) is 0 Å². The molecule has 1 aliphatic heterocycles. The van der Waals surface area contributed by atoms with E-state index in [2.05, 4.69) is 5.32 Å². The van der Waals surface area contributed by atoms with Crippen LogP contribution in [0.15, 0.2) is 18.2 Å². The second kappa shape index (κ2) is 6.32. The standard InChI is InChI=1S/C18H24N2O3/c1-2-18(12-21)9-4-10-20(18)17(23)19-14-8-7-13-5-3-6-16(22)15(13)11-14/h7-8,11,21H,2-6,9-10,12H2,1H3,(H,19,23)/t18-/m0/s1. The molecule has 2 N–H and O–H groups in total. The summed E-state index contributed by atoms with van der Waals surface area (Å²) in [6.07, 6.45) is 4.88. The molecular formula is C18H24N2O3. The Labute approximate surface area is 136 Å². The fourth-order valence-electron chi connectivity index (χ4n) is 3.80. The van der Waals surface area contributed by atoms with Gasteiger partial charge in [-0.3, -0.25) is 4.79 Å². The van der Waals surface area contributed by atoms with E-state index in [0.29, 0.717) is 18.7 Å². The highest BCUT2D eigenvalue weighted by atomic mass is 16.3. The zero-order chi connectivity index (χ0) is 16.4. The Kier molecular flexibility index (Phi) is 4.39. The third-order valence-corrected chi connectivity index (χ3v) is 5.31. The van der Waals surface area contributed by atoms with Gasteiger partial charge in [0.1, 0.15) is 0 Å². The molecule has 2 aliphatic rings. The number of rotatable bonds is 3. The van der Waals surface area contributed by atoms with E-state index in [-0.39, 0.29) is 18.4 Å². The van der Waals surface area contributed by atoms with Crippen molar-refractivity contribution in [1.29, 1.82) is 0 Å². The van der Waals surface area contributed by atoms with Crippen LogP contribution in [0.2, 0.25) is 0 Å². The van der Waals surface area contributed by atoms with Gasteiger partial charge in [0.25, 0.3) is 0 Å². The molecule has 0 radical (unpaired) electrons. The van der Waals surface area contributed by atoms with Crippen LogP contribution in [0.1, 0.15) is 54.9 Å². The molecule has 0 bridgehead atoms. The highest BCUT2D eigenvalue weighted by Crippen LogP contribution is 2.33. The van der Waals surface area contributed by atoms with Gasteiger partial charge < -0.3 is 15.3 Å². The lowest BCUT2D eigenvalue weighted by atomic mass is 9.90. The predicted octanol–water partition coefficient (Wildman–Crippen LogP) is 2.97. The van der Waals surface area contributed by atoms with E-state index in [4.69, 9.17) is 0 Å². The van der Waals surface area contributed by atoms with Gasteiger partial charge in [0.2, 0.25) is 0 Å². The molecule has 23 heavy (non-hydrogen) atoms. The van der Waals surface area contributed by atoms with Crippen LogP contribution in [0.25, 0.3) is 0 Å². The molecule has 0 unspecified atom stereocenters. The summed E-state index contributed by atoms with van der Waals surface area (Å²) in [6.45, 7) is 2.64. The summed E-state index contributed by atoms with van der Waals surface area (Å²) < 4.78 is 0. The number of hydrogen-bond acceptors (Lipinski definition) is 3. The van der Waals surface area contributed by atoms with E-state index in [0.717, 1.165) is 43.2 Å². The van der Waals surface area contributed by atoms with Crippen molar-refractivity contribution < 1.29 is 14.7 Å². The van der Waals surface area contributed by atoms with Gasteiger partial charge in [-0.25, -0.2) is 4.79 Å². The van der Waals surface area contributed by atoms with E-state index in [1.165, 1.54) is 0 Å². The van der Waals surface area contributed by atoms with Gasteiger partial charge >= 0.3 is 6.03 Å². The Morgan fingerprint density at radius 1 is 1.35 bits per heavy atom. The van der Waals surface area contributed by atoms with E-state index in [9.17, 15) is 14.7 Å². The van der Waals surface area contributed by atoms with Crippen LogP contribution in [0.5, 0.6) is 0 Å². The molecular weight excluding hydrogens is 292 g/mol. The van der Waals surface area contributed by atoms with Crippen LogP contribution in [0.3, 0.4) is 0 Å². The maximum atomic E-state index is 12.6. The minimum Gasteiger partial charge on any atom is -0.394 e. The molecule has 0 spiro atoms. The lowest BCUT2D eigenvalue weighted by molar-refractivity contribution is 0.0867. The first-order valence-electron chi connectivity index (χ1n) is 8.45. The van der Waals surface area contributed by atoms with Crippen LogP contribution in [0.4, 0.5) is 10.5 Å². The van der Waals surface area contributed by atoms with E-state index in [1.807, 2.05) is 19.1 Å². The minimum absolute atomic E-state index is 0.0143. The Morgan fingerprint density at radius 2 is 2.17 bits per heavy atom. The number of likely N-dealkylation sites (tertiary alicyclic amines) is 1. The highest BCUT2D eigenvalue weighted by Gasteiger charge is 2.41. The van der Waals surface area contributed by atoms with Gasteiger partial charge in [-0.05, 0) is 49.8 Å². The number of aliphatic hydroxyl groups is 1. The minimum atomic E-state index is -0.450. The zero-order valence-electron chi connectivity index (χ0n) is 13.6. The zero-order valence-corrected chi connectivity index (χ0v) is 13.6. The molecule has 1 aromatic carbocycles. The summed E-state index contributed by atoms with van der Waals surface area (Å²) in [5.41, 5.74) is 2.01. The molecule has 5 nitrogen and oxygen atoms in total. The van der Waals surface area contributed by atoms with Crippen molar-refractivity contribution in [2.24, 2.45) is 0 Å². The summed E-state index contributed by atoms with van der Waals surface area (Å²) in [5, 5.41) is 12.6. The van der Waals surface area contributed by atoms with Crippen molar-refractivity contribution in [3.05, 3.63) is 29.3 Å². The third-order valence-electron chi connectivity index (χ3n) is 5.31. The van der Waals surface area contributed by atoms with E-state index in [1.54, 1.807) is 11.0 Å². The van der Waals surface area contributed by atoms with Crippen molar-refractivity contribution in [2.75, 3.05) is 18.5 Å². The van der Waals surface area contributed by atoms with Crippen LogP contribution >= 0.6 is 0 Å². The van der Waals surface area contributed by atoms with Gasteiger partial charge in [0.05, 0.1) is 12.1 Å².